The Morgan fingerprint density at radius 3 is 2.44 bits per heavy atom. The molecule has 1 aromatic heterocycles. The van der Waals surface area contributed by atoms with Gasteiger partial charge in [-0.05, 0) is 92.2 Å². The van der Waals surface area contributed by atoms with Crippen LogP contribution in [0.15, 0.2) is 58.7 Å². The number of hydrogen-bond acceptors (Lipinski definition) is 13. The minimum atomic E-state index is -2.29. The first-order valence-electron chi connectivity index (χ1n) is 22.6. The summed E-state index contributed by atoms with van der Waals surface area (Å²) in [6.45, 7) is 10.9. The van der Waals surface area contributed by atoms with Crippen LogP contribution in [-0.2, 0) is 45.2 Å². The van der Waals surface area contributed by atoms with E-state index in [2.05, 4.69) is 64.2 Å². The summed E-state index contributed by atoms with van der Waals surface area (Å²) in [5, 5.41) is 26.6. The summed E-state index contributed by atoms with van der Waals surface area (Å²) >= 11 is 1.78. The average molecular weight is 873 g/mol. The van der Waals surface area contributed by atoms with Gasteiger partial charge in [-0.25, -0.2) is 4.79 Å². The van der Waals surface area contributed by atoms with Gasteiger partial charge in [0, 0.05) is 97.2 Å². The molecular formula is C48H64N4O9S. The number of carbonyl (C=O) groups excluding carboxylic acids is 3. The predicted octanol–water partition coefficient (Wildman–Crippen LogP) is 4.75. The van der Waals surface area contributed by atoms with E-state index in [1.165, 1.54) is 21.1 Å². The van der Waals surface area contributed by atoms with Gasteiger partial charge in [0.2, 0.25) is 5.60 Å². The van der Waals surface area contributed by atoms with Crippen LogP contribution < -0.4 is 0 Å². The minimum Gasteiger partial charge on any atom is -0.468 e. The summed E-state index contributed by atoms with van der Waals surface area (Å²) < 4.78 is 24.3. The molecule has 1 aromatic carbocycles. The summed E-state index contributed by atoms with van der Waals surface area (Å²) in [4.78, 5) is 54.8. The number of likely N-dealkylation sites (tertiary alicyclic amines) is 1. The number of piperidine rings is 1. The Bertz CT molecular complexity index is 2260. The predicted molar refractivity (Wildman–Crippen MR) is 235 cm³/mol. The normalized spacial score (nSPS) is 39.6. The van der Waals surface area contributed by atoms with Crippen LogP contribution >= 0.6 is 11.8 Å². The molecule has 14 heteroatoms. The van der Waals surface area contributed by atoms with Crippen molar-refractivity contribution in [2.24, 2.45) is 22.7 Å². The van der Waals surface area contributed by atoms with Crippen molar-refractivity contribution in [1.29, 1.82) is 0 Å². The Hall–Kier alpha value is -3.66. The lowest BCUT2D eigenvalue weighted by atomic mass is 9.47. The Labute approximate surface area is 369 Å². The van der Waals surface area contributed by atoms with Crippen molar-refractivity contribution >= 4 is 40.6 Å². The van der Waals surface area contributed by atoms with Gasteiger partial charge in [0.25, 0.3) is 0 Å². The number of H-pyrrole nitrogens is 1. The van der Waals surface area contributed by atoms with Crippen molar-refractivity contribution in [3.05, 3.63) is 65.0 Å². The number of thioether (sulfide) groups is 1. The number of hydrogen-bond donors (Lipinski definition) is 3. The van der Waals surface area contributed by atoms with Crippen LogP contribution in [0.2, 0.25) is 0 Å². The molecule has 2 aliphatic carbocycles. The number of esters is 3. The number of likely N-dealkylation sites (N-methyl/N-ethyl adjacent to an activating group) is 1. The topological polar surface area (TPSA) is 154 Å². The third kappa shape index (κ3) is 5.88. The Morgan fingerprint density at radius 2 is 1.76 bits per heavy atom. The van der Waals surface area contributed by atoms with Gasteiger partial charge in [-0.2, -0.15) is 0 Å². The zero-order chi connectivity index (χ0) is 44.1. The molecule has 6 heterocycles. The van der Waals surface area contributed by atoms with Crippen LogP contribution in [-0.4, -0.2) is 150 Å². The highest BCUT2D eigenvalue weighted by atomic mass is 32.2. The third-order valence-electron chi connectivity index (χ3n) is 16.4. The van der Waals surface area contributed by atoms with Crippen molar-refractivity contribution in [3.8, 4) is 0 Å². The van der Waals surface area contributed by atoms with Crippen LogP contribution in [0, 0.1) is 22.7 Å². The van der Waals surface area contributed by atoms with E-state index in [0.717, 1.165) is 57.2 Å². The number of aromatic nitrogens is 1. The number of benzene rings is 1. The second-order valence-corrected chi connectivity index (χ2v) is 20.5. The fourth-order valence-corrected chi connectivity index (χ4v) is 14.9. The van der Waals surface area contributed by atoms with E-state index >= 15 is 4.79 Å². The van der Waals surface area contributed by atoms with Crippen molar-refractivity contribution < 1.29 is 43.5 Å². The Kier molecular flexibility index (Phi) is 10.9. The number of aliphatic hydroxyl groups is 2. The first kappa shape index (κ1) is 43.6. The van der Waals surface area contributed by atoms with E-state index < -0.39 is 63.6 Å². The smallest absolute Gasteiger partial charge is 0.344 e. The molecule has 7 aliphatic rings. The molecule has 336 valence electrons. The van der Waals surface area contributed by atoms with Crippen LogP contribution in [0.5, 0.6) is 0 Å². The van der Waals surface area contributed by atoms with Crippen molar-refractivity contribution in [2.75, 3.05) is 66.9 Å². The Morgan fingerprint density at radius 1 is 0.984 bits per heavy atom. The molecule has 0 radical (unpaired) electrons. The maximum Gasteiger partial charge on any atom is 0.344 e. The molecule has 0 amide bonds. The third-order valence-corrected chi connectivity index (χ3v) is 17.3. The van der Waals surface area contributed by atoms with Gasteiger partial charge in [0.05, 0.1) is 32.0 Å². The zero-order valence-electron chi connectivity index (χ0n) is 37.5. The second-order valence-electron chi connectivity index (χ2n) is 19.2. The summed E-state index contributed by atoms with van der Waals surface area (Å²) in [7, 11) is 6.29. The quantitative estimate of drug-likeness (QED) is 0.138. The van der Waals surface area contributed by atoms with Gasteiger partial charge in [-0.1, -0.05) is 39.0 Å². The molecule has 5 aliphatic heterocycles. The maximum absolute atomic E-state index is 15.5. The minimum absolute atomic E-state index is 0.0726. The SMILES string of the molecule is CCSc1ccc2[nH]c3c(c2c1)CCN1C[C@H](C[C@@](O)(CC)C1)C[C@]3(C(=O)OC)C1C=C2C(=CC1OC)N(C)[C@H]1[C@@](O)(C(=O)OC)[C@H](OC(C)=O)[C@]3(CC)C=CCN4CC[C@]21[C@@H]43. The number of carbonyl (C=O) groups is 3. The van der Waals surface area contributed by atoms with Crippen molar-refractivity contribution in [2.45, 2.75) is 112 Å². The number of nitrogens with one attached hydrogen (secondary N) is 1. The average Bonchev–Trinajstić information content (AvgIpc) is 3.92. The zero-order valence-corrected chi connectivity index (χ0v) is 38.3. The molecule has 1 spiro atoms. The summed E-state index contributed by atoms with van der Waals surface area (Å²) in [6, 6.07) is 5.30. The molecule has 2 bridgehead atoms. The standard InChI is InChI=1S/C48H64N4O9S/c1-9-44(56)24-29-25-47(42(54)59-7,38-31(15-19-51(26-29)27-44)32-21-30(62-11-3)13-14-35(32)49-38)34-22-33-36(23-37(34)58-6)50(5)40-46(33)17-20-52-18-12-16-45(10-2,39(46)52)41(61-28(4)53)48(40,57)43(55)60-8/h12-14,16,21-23,29,34,37,39-41,49,56-57H,9-11,15,17-20,24-27H2,1-8H3/t29-,34?,37?,39+,40-,41-,44+,45-,46-,47+,48+/m1/s1. The fraction of sp³-hybridized carbons (Fsp3) is 0.646. The summed E-state index contributed by atoms with van der Waals surface area (Å²) in [6.07, 6.45) is 9.78. The van der Waals surface area contributed by atoms with Crippen LogP contribution in [0.3, 0.4) is 0 Å². The van der Waals surface area contributed by atoms with Crippen molar-refractivity contribution in [3.63, 3.8) is 0 Å². The van der Waals surface area contributed by atoms with Gasteiger partial charge in [0.1, 0.15) is 5.41 Å². The molecule has 4 fully saturated rings. The second kappa shape index (κ2) is 15.5. The molecule has 9 rings (SSSR count). The van der Waals surface area contributed by atoms with E-state index in [1.807, 2.05) is 25.8 Å². The molecule has 1 saturated carbocycles. The van der Waals surface area contributed by atoms with Gasteiger partial charge in [-0.3, -0.25) is 19.4 Å². The van der Waals surface area contributed by atoms with Gasteiger partial charge < -0.3 is 39.0 Å². The molecule has 62 heavy (non-hydrogen) atoms. The van der Waals surface area contributed by atoms with Crippen LogP contribution in [0.1, 0.15) is 71.1 Å². The summed E-state index contributed by atoms with van der Waals surface area (Å²) in [5.74, 6) is -1.61. The van der Waals surface area contributed by atoms with Gasteiger partial charge >= 0.3 is 17.9 Å². The first-order valence-corrected chi connectivity index (χ1v) is 23.6. The first-order chi connectivity index (χ1) is 29.7. The number of nitrogens with zero attached hydrogens (tertiary/aromatic N) is 3. The van der Waals surface area contributed by atoms with Crippen molar-refractivity contribution in [1.82, 2.24) is 19.7 Å². The number of ether oxygens (including phenoxy) is 4. The van der Waals surface area contributed by atoms with E-state index in [9.17, 15) is 19.8 Å². The van der Waals surface area contributed by atoms with E-state index in [0.29, 0.717) is 58.2 Å². The lowest BCUT2D eigenvalue weighted by Gasteiger charge is -2.63. The van der Waals surface area contributed by atoms with Crippen LogP contribution in [0.4, 0.5) is 0 Å². The fourth-order valence-electron chi connectivity index (χ4n) is 14.2. The molecule has 3 unspecified atom stereocenters. The number of methoxy groups -OCH3 is 3. The summed E-state index contributed by atoms with van der Waals surface area (Å²) in [5.41, 5.74) is -1.82. The molecule has 12 atom stereocenters. The highest BCUT2D eigenvalue weighted by Gasteiger charge is 2.81. The molecule has 3 N–H and O–H groups in total. The maximum atomic E-state index is 15.5. The lowest BCUT2D eigenvalue weighted by molar-refractivity contribution is -0.243. The largest absolute Gasteiger partial charge is 0.468 e. The number of aromatic amines is 1. The van der Waals surface area contributed by atoms with E-state index in [-0.39, 0.29) is 17.9 Å². The van der Waals surface area contributed by atoms with E-state index in [4.69, 9.17) is 18.9 Å². The molecule has 13 nitrogen and oxygen atoms in total. The van der Waals surface area contributed by atoms with Gasteiger partial charge in [-0.15, -0.1) is 11.8 Å². The number of allylic oxidation sites excluding steroid dienone is 1. The molecule has 3 saturated heterocycles. The molecular weight excluding hydrogens is 809 g/mol. The lowest BCUT2D eigenvalue weighted by Crippen LogP contribution is -2.79. The molecule has 2 aromatic rings. The Balaban J connectivity index is 1.33. The number of rotatable bonds is 9. The highest BCUT2D eigenvalue weighted by molar-refractivity contribution is 7.99. The van der Waals surface area contributed by atoms with E-state index in [1.54, 1.807) is 18.9 Å². The number of fused-ring (bicyclic) bond motifs is 6. The van der Waals surface area contributed by atoms with Crippen LogP contribution in [0.25, 0.3) is 10.9 Å². The monoisotopic (exact) mass is 872 g/mol. The highest BCUT2D eigenvalue weighted by Crippen LogP contribution is 2.70. The van der Waals surface area contributed by atoms with Gasteiger partial charge in [0.15, 0.2) is 6.10 Å².